The van der Waals surface area contributed by atoms with Crippen molar-refractivity contribution in [2.24, 2.45) is 0 Å². The monoisotopic (exact) mass is 1140 g/mol. The Balaban J connectivity index is 5.14. The van der Waals surface area contributed by atoms with Crippen LogP contribution in [0.2, 0.25) is 0 Å². The van der Waals surface area contributed by atoms with E-state index in [0.29, 0.717) is 78.3 Å². The van der Waals surface area contributed by atoms with Crippen LogP contribution >= 0.6 is 0 Å². The van der Waals surface area contributed by atoms with Crippen molar-refractivity contribution in [3.63, 3.8) is 0 Å². The van der Waals surface area contributed by atoms with Gasteiger partial charge in [0.2, 0.25) is 0 Å². The maximum atomic E-state index is 12.9. The quantitative estimate of drug-likeness (QED) is 0.0328. The number of esters is 4. The predicted molar refractivity (Wildman–Crippen MR) is 338 cm³/mol. The number of carbonyl (C=O) groups excluding carboxylic acids is 4. The van der Waals surface area contributed by atoms with Crippen LogP contribution in [0.25, 0.3) is 0 Å². The van der Waals surface area contributed by atoms with Crippen molar-refractivity contribution in [1.82, 2.24) is 19.6 Å². The predicted octanol–water partition coefficient (Wildman–Crippen LogP) is 16.9. The Morgan fingerprint density at radius 1 is 0.225 bits per heavy atom. The van der Waals surface area contributed by atoms with Gasteiger partial charge in [0.25, 0.3) is 0 Å². The molecule has 0 aromatic rings. The molecular formula is C68H134N4O8. The summed E-state index contributed by atoms with van der Waals surface area (Å²) in [4.78, 5) is 60.9. The highest BCUT2D eigenvalue weighted by atomic mass is 16.5. The fraction of sp³-hybridized carbons (Fsp3) is 0.941. The van der Waals surface area contributed by atoms with Gasteiger partial charge in [-0.25, -0.2) is 0 Å². The van der Waals surface area contributed by atoms with Crippen LogP contribution in [0.3, 0.4) is 0 Å². The third-order valence-corrected chi connectivity index (χ3v) is 15.9. The molecule has 0 saturated carbocycles. The Hall–Kier alpha value is -2.28. The number of rotatable bonds is 65. The minimum atomic E-state index is -0.150. The zero-order chi connectivity index (χ0) is 58.5. The second kappa shape index (κ2) is 62.8. The molecular weight excluding hydrogens is 1000 g/mol. The fourth-order valence-electron chi connectivity index (χ4n) is 10.5. The smallest absolute Gasteiger partial charge is 0.307 e. The van der Waals surface area contributed by atoms with E-state index in [0.717, 1.165) is 116 Å². The van der Waals surface area contributed by atoms with Crippen molar-refractivity contribution >= 4 is 23.9 Å². The zero-order valence-corrected chi connectivity index (χ0v) is 54.1. The van der Waals surface area contributed by atoms with Gasteiger partial charge in [-0.3, -0.25) is 19.2 Å². The normalized spacial score (nSPS) is 11.7. The number of hydrogen-bond acceptors (Lipinski definition) is 12. The molecule has 0 rings (SSSR count). The van der Waals surface area contributed by atoms with Gasteiger partial charge >= 0.3 is 23.9 Å². The van der Waals surface area contributed by atoms with E-state index in [1.165, 1.54) is 180 Å². The standard InChI is InChI=1S/C68H134N4O8/c1-7-12-16-20-24-28-32-36-40-61-77-65(73)46-55-71(56-47-66(74)78-62-41-37-33-29-25-21-17-13-8-2)52-44-51-69(6)59-60-70(50-11-5)53-45-54-72(57-48-67(75)79-63-42-38-34-30-26-22-18-14-9-3)58-49-68(76)80-64-43-39-35-31-27-23-19-15-10-4/h7-64H2,1-6H3. The summed E-state index contributed by atoms with van der Waals surface area (Å²) >= 11 is 0. The molecule has 0 amide bonds. The summed E-state index contributed by atoms with van der Waals surface area (Å²) in [5, 5.41) is 0. The van der Waals surface area contributed by atoms with E-state index < -0.39 is 0 Å². The van der Waals surface area contributed by atoms with Gasteiger partial charge in [0.1, 0.15) is 0 Å². The molecule has 0 bridgehead atoms. The van der Waals surface area contributed by atoms with Gasteiger partial charge in [-0.05, 0) is 84.7 Å². The summed E-state index contributed by atoms with van der Waals surface area (Å²) in [7, 11) is 2.19. The Bertz CT molecular complexity index is 1260. The Kier molecular flexibility index (Phi) is 61.0. The Morgan fingerprint density at radius 3 is 0.700 bits per heavy atom. The van der Waals surface area contributed by atoms with Gasteiger partial charge in [0.05, 0.1) is 52.1 Å². The first-order valence-corrected chi connectivity index (χ1v) is 34.7. The van der Waals surface area contributed by atoms with Gasteiger partial charge in [-0.1, -0.05) is 240 Å². The van der Waals surface area contributed by atoms with E-state index in [-0.39, 0.29) is 23.9 Å². The van der Waals surface area contributed by atoms with Gasteiger partial charge in [0, 0.05) is 39.3 Å². The number of likely N-dealkylation sites (N-methyl/N-ethyl adjacent to an activating group) is 1. The van der Waals surface area contributed by atoms with Crippen molar-refractivity contribution in [1.29, 1.82) is 0 Å². The van der Waals surface area contributed by atoms with Gasteiger partial charge in [-0.2, -0.15) is 0 Å². The van der Waals surface area contributed by atoms with E-state index in [4.69, 9.17) is 18.9 Å². The van der Waals surface area contributed by atoms with Crippen LogP contribution in [0, 0.1) is 0 Å². The second-order valence-electron chi connectivity index (χ2n) is 23.7. The second-order valence-corrected chi connectivity index (χ2v) is 23.7. The summed E-state index contributed by atoms with van der Waals surface area (Å²) in [5.41, 5.74) is 0. The number of unbranched alkanes of at least 4 members (excludes halogenated alkanes) is 32. The first kappa shape index (κ1) is 77.7. The van der Waals surface area contributed by atoms with Crippen LogP contribution in [-0.2, 0) is 38.1 Å². The molecule has 12 nitrogen and oxygen atoms in total. The molecule has 0 N–H and O–H groups in total. The van der Waals surface area contributed by atoms with Gasteiger partial charge in [0.15, 0.2) is 0 Å². The topological polar surface area (TPSA) is 118 Å². The van der Waals surface area contributed by atoms with E-state index in [1.54, 1.807) is 0 Å². The highest BCUT2D eigenvalue weighted by Gasteiger charge is 2.16. The van der Waals surface area contributed by atoms with Crippen molar-refractivity contribution in [2.75, 3.05) is 105 Å². The van der Waals surface area contributed by atoms with Crippen molar-refractivity contribution in [3.8, 4) is 0 Å². The number of hydrogen-bond donors (Lipinski definition) is 0. The highest BCUT2D eigenvalue weighted by Crippen LogP contribution is 2.14. The largest absolute Gasteiger partial charge is 0.466 e. The van der Waals surface area contributed by atoms with Gasteiger partial charge < -0.3 is 38.5 Å². The average Bonchev–Trinajstić information content (AvgIpc) is 3.45. The maximum Gasteiger partial charge on any atom is 0.307 e. The third-order valence-electron chi connectivity index (χ3n) is 15.9. The van der Waals surface area contributed by atoms with E-state index in [2.05, 4.69) is 61.3 Å². The maximum absolute atomic E-state index is 12.9. The third kappa shape index (κ3) is 57.5. The first-order chi connectivity index (χ1) is 39.2. The summed E-state index contributed by atoms with van der Waals surface area (Å²) in [6.07, 6.45) is 48.6. The minimum absolute atomic E-state index is 0.148. The number of ether oxygens (including phenoxy) is 4. The SMILES string of the molecule is CCCCCCCCCCCOC(=O)CCN(CCCN(C)CCN(CCC)CCCN(CCC(=O)OCCCCCCCCCCC)CCC(=O)OCCCCCCCCCCC)CCC(=O)OCCCCCCCCCCC. The van der Waals surface area contributed by atoms with Crippen LogP contribution < -0.4 is 0 Å². The lowest BCUT2D eigenvalue weighted by Gasteiger charge is -2.28. The van der Waals surface area contributed by atoms with E-state index in [1.807, 2.05) is 0 Å². The van der Waals surface area contributed by atoms with E-state index >= 15 is 0 Å². The molecule has 0 unspecified atom stereocenters. The number of nitrogens with zero attached hydrogens (tertiary/aromatic N) is 4. The van der Waals surface area contributed by atoms with Crippen LogP contribution in [0.5, 0.6) is 0 Å². The fourth-order valence-corrected chi connectivity index (χ4v) is 10.5. The summed E-state index contributed by atoms with van der Waals surface area (Å²) in [6.45, 7) is 21.9. The van der Waals surface area contributed by atoms with Crippen LogP contribution in [0.15, 0.2) is 0 Å². The van der Waals surface area contributed by atoms with Crippen LogP contribution in [-0.4, -0.2) is 149 Å². The lowest BCUT2D eigenvalue weighted by Crippen LogP contribution is -2.38. The Labute approximate surface area is 495 Å². The van der Waals surface area contributed by atoms with Gasteiger partial charge in [-0.15, -0.1) is 0 Å². The molecule has 0 heterocycles. The molecule has 0 saturated heterocycles. The molecule has 0 radical (unpaired) electrons. The molecule has 0 spiro atoms. The summed E-state index contributed by atoms with van der Waals surface area (Å²) < 4.78 is 22.6. The van der Waals surface area contributed by atoms with E-state index in [9.17, 15) is 19.2 Å². The molecule has 0 aromatic carbocycles. The molecule has 0 aliphatic heterocycles. The lowest BCUT2D eigenvalue weighted by molar-refractivity contribution is -0.146. The molecule has 0 aliphatic rings. The van der Waals surface area contributed by atoms with Crippen LogP contribution in [0.1, 0.15) is 311 Å². The Morgan fingerprint density at radius 2 is 0.450 bits per heavy atom. The highest BCUT2D eigenvalue weighted by molar-refractivity contribution is 5.71. The molecule has 0 atom stereocenters. The molecule has 12 heteroatoms. The first-order valence-electron chi connectivity index (χ1n) is 34.7. The molecule has 474 valence electrons. The molecule has 0 fully saturated rings. The summed E-state index contributed by atoms with van der Waals surface area (Å²) in [6, 6.07) is 0. The minimum Gasteiger partial charge on any atom is -0.466 e. The zero-order valence-electron chi connectivity index (χ0n) is 54.1. The lowest BCUT2D eigenvalue weighted by atomic mass is 10.1. The summed E-state index contributed by atoms with van der Waals surface area (Å²) in [5.74, 6) is -0.596. The molecule has 0 aliphatic carbocycles. The number of carbonyl (C=O) groups is 4. The van der Waals surface area contributed by atoms with Crippen molar-refractivity contribution in [3.05, 3.63) is 0 Å². The van der Waals surface area contributed by atoms with Crippen LogP contribution in [0.4, 0.5) is 0 Å². The average molecular weight is 1140 g/mol. The van der Waals surface area contributed by atoms with Crippen molar-refractivity contribution < 1.29 is 38.1 Å². The van der Waals surface area contributed by atoms with Crippen molar-refractivity contribution in [2.45, 2.75) is 311 Å². The molecule has 80 heavy (non-hydrogen) atoms. The molecule has 0 aromatic heterocycles.